The SMILES string of the molecule is Cc1ncccc1C(=O)N1CCNCC1.Cl. The van der Waals surface area contributed by atoms with Crippen LogP contribution in [0.5, 0.6) is 0 Å². The highest BCUT2D eigenvalue weighted by molar-refractivity contribution is 5.95. The van der Waals surface area contributed by atoms with Crippen molar-refractivity contribution in [3.8, 4) is 0 Å². The lowest BCUT2D eigenvalue weighted by atomic mass is 10.1. The molecule has 16 heavy (non-hydrogen) atoms. The third-order valence-electron chi connectivity index (χ3n) is 2.64. The molecule has 1 amide bonds. The summed E-state index contributed by atoms with van der Waals surface area (Å²) in [6, 6.07) is 3.65. The third kappa shape index (κ3) is 2.71. The summed E-state index contributed by atoms with van der Waals surface area (Å²) >= 11 is 0. The maximum absolute atomic E-state index is 12.1. The Morgan fingerprint density at radius 1 is 1.44 bits per heavy atom. The Morgan fingerprint density at radius 3 is 2.75 bits per heavy atom. The molecular formula is C11H16ClN3O. The van der Waals surface area contributed by atoms with Gasteiger partial charge in [-0.25, -0.2) is 0 Å². The van der Waals surface area contributed by atoms with Crippen molar-refractivity contribution in [3.05, 3.63) is 29.6 Å². The van der Waals surface area contributed by atoms with E-state index in [-0.39, 0.29) is 18.3 Å². The molecule has 1 saturated heterocycles. The summed E-state index contributed by atoms with van der Waals surface area (Å²) in [4.78, 5) is 18.1. The standard InChI is InChI=1S/C11H15N3O.ClH/c1-9-10(3-2-4-13-9)11(15)14-7-5-12-6-8-14;/h2-4,12H,5-8H2,1H3;1H. The van der Waals surface area contributed by atoms with Crippen LogP contribution in [0.3, 0.4) is 0 Å². The van der Waals surface area contributed by atoms with Crippen LogP contribution in [0.25, 0.3) is 0 Å². The van der Waals surface area contributed by atoms with Gasteiger partial charge in [0.25, 0.3) is 5.91 Å². The van der Waals surface area contributed by atoms with Crippen LogP contribution in [-0.4, -0.2) is 42.0 Å². The highest BCUT2D eigenvalue weighted by Crippen LogP contribution is 2.08. The number of rotatable bonds is 1. The molecule has 4 nitrogen and oxygen atoms in total. The van der Waals surface area contributed by atoms with E-state index in [9.17, 15) is 4.79 Å². The monoisotopic (exact) mass is 241 g/mol. The Labute approximate surface area is 101 Å². The topological polar surface area (TPSA) is 45.2 Å². The van der Waals surface area contributed by atoms with Crippen molar-refractivity contribution in [2.24, 2.45) is 0 Å². The molecule has 2 rings (SSSR count). The number of carbonyl (C=O) groups excluding carboxylic acids is 1. The Hall–Kier alpha value is -1.13. The second-order valence-electron chi connectivity index (χ2n) is 3.68. The van der Waals surface area contributed by atoms with Crippen LogP contribution >= 0.6 is 12.4 Å². The first-order valence-electron chi connectivity index (χ1n) is 5.20. The normalized spacial score (nSPS) is 15.4. The van der Waals surface area contributed by atoms with Gasteiger partial charge in [0.1, 0.15) is 0 Å². The van der Waals surface area contributed by atoms with Gasteiger partial charge in [-0.3, -0.25) is 9.78 Å². The minimum atomic E-state index is 0. The minimum Gasteiger partial charge on any atom is -0.336 e. The Bertz CT molecular complexity index is 364. The molecule has 1 aromatic rings. The summed E-state index contributed by atoms with van der Waals surface area (Å²) in [5.74, 6) is 0.0992. The van der Waals surface area contributed by atoms with Gasteiger partial charge in [-0.2, -0.15) is 0 Å². The average molecular weight is 242 g/mol. The highest BCUT2D eigenvalue weighted by atomic mass is 35.5. The molecule has 1 N–H and O–H groups in total. The largest absolute Gasteiger partial charge is 0.336 e. The molecular weight excluding hydrogens is 226 g/mol. The molecule has 0 bridgehead atoms. The smallest absolute Gasteiger partial charge is 0.255 e. The first-order chi connectivity index (χ1) is 7.29. The fourth-order valence-corrected chi connectivity index (χ4v) is 1.75. The Kier molecular flexibility index (Phi) is 4.71. The van der Waals surface area contributed by atoms with Crippen molar-refractivity contribution < 1.29 is 4.79 Å². The van der Waals surface area contributed by atoms with E-state index in [1.165, 1.54) is 0 Å². The number of piperazine rings is 1. The number of hydrogen-bond donors (Lipinski definition) is 1. The summed E-state index contributed by atoms with van der Waals surface area (Å²) in [6.45, 7) is 5.20. The first-order valence-corrected chi connectivity index (χ1v) is 5.20. The Morgan fingerprint density at radius 2 is 2.12 bits per heavy atom. The molecule has 0 radical (unpaired) electrons. The number of carbonyl (C=O) groups is 1. The van der Waals surface area contributed by atoms with Crippen molar-refractivity contribution in [1.29, 1.82) is 0 Å². The van der Waals surface area contributed by atoms with E-state index in [0.29, 0.717) is 0 Å². The molecule has 1 aromatic heterocycles. The maximum atomic E-state index is 12.1. The van der Waals surface area contributed by atoms with E-state index in [4.69, 9.17) is 0 Å². The van der Waals surface area contributed by atoms with Crippen LogP contribution in [0.15, 0.2) is 18.3 Å². The van der Waals surface area contributed by atoms with Crippen molar-refractivity contribution in [1.82, 2.24) is 15.2 Å². The zero-order chi connectivity index (χ0) is 10.7. The van der Waals surface area contributed by atoms with E-state index in [1.807, 2.05) is 24.0 Å². The van der Waals surface area contributed by atoms with Crippen molar-refractivity contribution >= 4 is 18.3 Å². The molecule has 0 spiro atoms. The van der Waals surface area contributed by atoms with Gasteiger partial charge < -0.3 is 10.2 Å². The Balaban J connectivity index is 0.00000128. The second kappa shape index (κ2) is 5.82. The quantitative estimate of drug-likeness (QED) is 0.793. The first kappa shape index (κ1) is 12.9. The van der Waals surface area contributed by atoms with Crippen LogP contribution < -0.4 is 5.32 Å². The number of halogens is 1. The van der Waals surface area contributed by atoms with E-state index < -0.39 is 0 Å². The summed E-state index contributed by atoms with van der Waals surface area (Å²) in [6.07, 6.45) is 1.71. The summed E-state index contributed by atoms with van der Waals surface area (Å²) in [7, 11) is 0. The van der Waals surface area contributed by atoms with Crippen LogP contribution in [0.4, 0.5) is 0 Å². The van der Waals surface area contributed by atoms with Gasteiger partial charge in [0.05, 0.1) is 5.56 Å². The van der Waals surface area contributed by atoms with Gasteiger partial charge in [-0.15, -0.1) is 12.4 Å². The molecule has 2 heterocycles. The number of hydrogen-bond acceptors (Lipinski definition) is 3. The zero-order valence-electron chi connectivity index (χ0n) is 9.27. The molecule has 1 fully saturated rings. The third-order valence-corrected chi connectivity index (χ3v) is 2.64. The van der Waals surface area contributed by atoms with E-state index in [0.717, 1.165) is 37.4 Å². The van der Waals surface area contributed by atoms with Crippen LogP contribution in [0.2, 0.25) is 0 Å². The molecule has 0 saturated carbocycles. The fourth-order valence-electron chi connectivity index (χ4n) is 1.75. The number of pyridine rings is 1. The van der Waals surface area contributed by atoms with E-state index in [2.05, 4.69) is 10.3 Å². The number of aromatic nitrogens is 1. The predicted molar refractivity (Wildman–Crippen MR) is 65.0 cm³/mol. The predicted octanol–water partition coefficient (Wildman–Crippen LogP) is 0.857. The fraction of sp³-hybridized carbons (Fsp3) is 0.455. The highest BCUT2D eigenvalue weighted by Gasteiger charge is 2.19. The molecule has 5 heteroatoms. The van der Waals surface area contributed by atoms with E-state index in [1.54, 1.807) is 6.20 Å². The van der Waals surface area contributed by atoms with Gasteiger partial charge >= 0.3 is 0 Å². The van der Waals surface area contributed by atoms with Crippen molar-refractivity contribution in [2.45, 2.75) is 6.92 Å². The van der Waals surface area contributed by atoms with Gasteiger partial charge in [0.2, 0.25) is 0 Å². The number of amides is 1. The molecule has 0 unspecified atom stereocenters. The van der Waals surface area contributed by atoms with Crippen LogP contribution in [0, 0.1) is 6.92 Å². The minimum absolute atomic E-state index is 0. The lowest BCUT2D eigenvalue weighted by Gasteiger charge is -2.27. The summed E-state index contributed by atoms with van der Waals surface area (Å²) in [5.41, 5.74) is 1.53. The number of nitrogens with one attached hydrogen (secondary N) is 1. The van der Waals surface area contributed by atoms with E-state index >= 15 is 0 Å². The van der Waals surface area contributed by atoms with Crippen LogP contribution in [0.1, 0.15) is 16.1 Å². The molecule has 0 aliphatic carbocycles. The molecule has 0 aromatic carbocycles. The molecule has 1 aliphatic heterocycles. The van der Waals surface area contributed by atoms with Gasteiger partial charge in [-0.05, 0) is 19.1 Å². The van der Waals surface area contributed by atoms with Gasteiger partial charge in [0, 0.05) is 38.1 Å². The van der Waals surface area contributed by atoms with Gasteiger partial charge in [0.15, 0.2) is 0 Å². The zero-order valence-corrected chi connectivity index (χ0v) is 10.1. The maximum Gasteiger partial charge on any atom is 0.255 e. The van der Waals surface area contributed by atoms with Gasteiger partial charge in [-0.1, -0.05) is 0 Å². The lowest BCUT2D eigenvalue weighted by molar-refractivity contribution is 0.0734. The summed E-state index contributed by atoms with van der Waals surface area (Å²) in [5, 5.41) is 3.23. The van der Waals surface area contributed by atoms with Crippen LogP contribution in [-0.2, 0) is 0 Å². The molecule has 1 aliphatic rings. The average Bonchev–Trinajstić information content (AvgIpc) is 2.30. The summed E-state index contributed by atoms with van der Waals surface area (Å²) < 4.78 is 0. The second-order valence-corrected chi connectivity index (χ2v) is 3.68. The number of aryl methyl sites for hydroxylation is 1. The number of nitrogens with zero attached hydrogens (tertiary/aromatic N) is 2. The lowest BCUT2D eigenvalue weighted by Crippen LogP contribution is -2.46. The van der Waals surface area contributed by atoms with Crippen molar-refractivity contribution in [2.75, 3.05) is 26.2 Å². The van der Waals surface area contributed by atoms with Crippen molar-refractivity contribution in [3.63, 3.8) is 0 Å². The molecule has 0 atom stereocenters. The molecule has 88 valence electrons.